The van der Waals surface area contributed by atoms with Gasteiger partial charge in [0.15, 0.2) is 0 Å². The van der Waals surface area contributed by atoms with Crippen LogP contribution in [0, 0.1) is 0 Å². The molecule has 0 N–H and O–H groups in total. The molecule has 0 aliphatic carbocycles. The van der Waals surface area contributed by atoms with Gasteiger partial charge in [-0.25, -0.2) is 4.99 Å². The number of rotatable bonds is 3. The fourth-order valence-electron chi connectivity index (χ4n) is 3.53. The molecule has 4 heteroatoms. The van der Waals surface area contributed by atoms with Crippen LogP contribution in [0.25, 0.3) is 0 Å². The maximum Gasteiger partial charge on any atom is 0.273 e. The van der Waals surface area contributed by atoms with E-state index in [2.05, 4.69) is 43.6 Å². The van der Waals surface area contributed by atoms with Gasteiger partial charge in [0, 0.05) is 19.3 Å². The average molecular weight is 335 g/mol. The largest absolute Gasteiger partial charge is 0.333 e. The van der Waals surface area contributed by atoms with Crippen molar-refractivity contribution in [2.45, 2.75) is 32.7 Å². The Labute approximate surface area is 149 Å². The summed E-state index contributed by atoms with van der Waals surface area (Å²) in [6.45, 7) is 8.65. The highest BCUT2D eigenvalue weighted by Gasteiger charge is 2.31. The van der Waals surface area contributed by atoms with Crippen molar-refractivity contribution in [1.29, 1.82) is 0 Å². The van der Waals surface area contributed by atoms with E-state index in [1.807, 2.05) is 35.1 Å². The first-order chi connectivity index (χ1) is 12.1. The van der Waals surface area contributed by atoms with Crippen LogP contribution in [0.15, 0.2) is 65.6 Å². The zero-order valence-corrected chi connectivity index (χ0v) is 15.2. The summed E-state index contributed by atoms with van der Waals surface area (Å²) in [4.78, 5) is 21.7. The van der Waals surface area contributed by atoms with Gasteiger partial charge in [0.1, 0.15) is 11.5 Å². The van der Waals surface area contributed by atoms with Crippen molar-refractivity contribution in [3.05, 3.63) is 71.7 Å². The Balaban J connectivity index is 1.93. The van der Waals surface area contributed by atoms with Gasteiger partial charge in [-0.2, -0.15) is 0 Å². The second-order valence-electron chi connectivity index (χ2n) is 6.43. The van der Waals surface area contributed by atoms with Crippen LogP contribution in [0.4, 0.5) is 0 Å². The van der Waals surface area contributed by atoms with Crippen LogP contribution < -0.4 is 0 Å². The molecule has 130 valence electrons. The highest BCUT2D eigenvalue weighted by Crippen LogP contribution is 2.30. The number of amides is 1. The van der Waals surface area contributed by atoms with Gasteiger partial charge in [-0.05, 0) is 43.0 Å². The molecule has 4 nitrogen and oxygen atoms in total. The molecule has 1 unspecified atom stereocenters. The Morgan fingerprint density at radius 1 is 1.40 bits per heavy atom. The lowest BCUT2D eigenvalue weighted by Crippen LogP contribution is -2.43. The molecular formula is C21H25N3O. The summed E-state index contributed by atoms with van der Waals surface area (Å²) in [5.41, 5.74) is 4.16. The van der Waals surface area contributed by atoms with Crippen molar-refractivity contribution < 1.29 is 4.79 Å². The predicted octanol–water partition coefficient (Wildman–Crippen LogP) is 3.84. The quantitative estimate of drug-likeness (QED) is 0.841. The summed E-state index contributed by atoms with van der Waals surface area (Å²) >= 11 is 0. The van der Waals surface area contributed by atoms with Gasteiger partial charge in [0.05, 0.1) is 6.04 Å². The van der Waals surface area contributed by atoms with Gasteiger partial charge in [-0.3, -0.25) is 4.79 Å². The Kier molecular flexibility index (Phi) is 4.88. The Morgan fingerprint density at radius 3 is 2.88 bits per heavy atom. The molecule has 0 saturated heterocycles. The fourth-order valence-corrected chi connectivity index (χ4v) is 3.53. The number of fused-ring (bicyclic) bond motifs is 1. The number of nitrogens with zero attached hydrogens (tertiary/aromatic N) is 3. The van der Waals surface area contributed by atoms with E-state index in [9.17, 15) is 4.79 Å². The zero-order valence-electron chi connectivity index (χ0n) is 15.2. The number of allylic oxidation sites excluding steroid dienone is 3. The zero-order chi connectivity index (χ0) is 18.0. The van der Waals surface area contributed by atoms with E-state index in [1.165, 1.54) is 11.1 Å². The van der Waals surface area contributed by atoms with E-state index in [1.54, 1.807) is 6.08 Å². The minimum absolute atomic E-state index is 0.00369. The summed E-state index contributed by atoms with van der Waals surface area (Å²) in [6.07, 6.45) is 7.19. The first kappa shape index (κ1) is 17.2. The summed E-state index contributed by atoms with van der Waals surface area (Å²) in [7, 11) is 1.97. The third kappa shape index (κ3) is 3.16. The standard InChI is InChI=1S/C21H25N3O/c1-5-9-20-22-19(14-17(6-2)23(20)4)21(25)24-13-12-16-10-7-8-11-18(16)15(24)3/h5,7-11,14-15H,1,6,12-13H2,2-4H3/b20-9-. The first-order valence-electron chi connectivity index (χ1n) is 8.81. The molecule has 2 aliphatic heterocycles. The van der Waals surface area contributed by atoms with E-state index in [0.29, 0.717) is 5.71 Å². The third-order valence-electron chi connectivity index (χ3n) is 5.02. The number of hydrogen-bond donors (Lipinski definition) is 0. The lowest BCUT2D eigenvalue weighted by atomic mass is 9.93. The van der Waals surface area contributed by atoms with Gasteiger partial charge in [0.25, 0.3) is 5.91 Å². The van der Waals surface area contributed by atoms with E-state index in [-0.39, 0.29) is 11.9 Å². The van der Waals surface area contributed by atoms with Crippen LogP contribution in [0.2, 0.25) is 0 Å². The number of benzene rings is 1. The number of aliphatic imine (C=N–C) groups is 1. The van der Waals surface area contributed by atoms with Crippen molar-refractivity contribution in [2.24, 2.45) is 4.99 Å². The summed E-state index contributed by atoms with van der Waals surface area (Å²) < 4.78 is 0. The average Bonchev–Trinajstić information content (AvgIpc) is 2.63. The monoisotopic (exact) mass is 335 g/mol. The summed E-state index contributed by atoms with van der Waals surface area (Å²) in [5.74, 6) is 0.749. The molecule has 2 heterocycles. The predicted molar refractivity (Wildman–Crippen MR) is 102 cm³/mol. The highest BCUT2D eigenvalue weighted by molar-refractivity contribution is 6.43. The SMILES string of the molecule is C=C/C=C1/N=C(C(=O)N2CCc3ccccc3C2C)C=C(CC)N1C. The van der Waals surface area contributed by atoms with Crippen molar-refractivity contribution in [1.82, 2.24) is 9.80 Å². The minimum atomic E-state index is -0.00369. The van der Waals surface area contributed by atoms with Gasteiger partial charge in [-0.15, -0.1) is 0 Å². The molecule has 0 radical (unpaired) electrons. The normalized spacial score (nSPS) is 21.6. The second-order valence-corrected chi connectivity index (χ2v) is 6.43. The highest BCUT2D eigenvalue weighted by atomic mass is 16.2. The van der Waals surface area contributed by atoms with E-state index >= 15 is 0 Å². The van der Waals surface area contributed by atoms with Gasteiger partial charge in [0.2, 0.25) is 0 Å². The van der Waals surface area contributed by atoms with E-state index in [4.69, 9.17) is 0 Å². The summed E-state index contributed by atoms with van der Waals surface area (Å²) in [6, 6.07) is 8.43. The Hall–Kier alpha value is -2.62. The summed E-state index contributed by atoms with van der Waals surface area (Å²) in [5, 5.41) is 0. The van der Waals surface area contributed by atoms with Crippen LogP contribution in [0.1, 0.15) is 37.4 Å². The first-order valence-corrected chi connectivity index (χ1v) is 8.81. The molecule has 1 aromatic rings. The molecule has 1 amide bonds. The Morgan fingerprint density at radius 2 is 2.16 bits per heavy atom. The number of carbonyl (C=O) groups is 1. The molecule has 0 spiro atoms. The van der Waals surface area contributed by atoms with Crippen molar-refractivity contribution in [3.63, 3.8) is 0 Å². The van der Waals surface area contributed by atoms with Crippen LogP contribution in [0.5, 0.6) is 0 Å². The van der Waals surface area contributed by atoms with E-state index < -0.39 is 0 Å². The van der Waals surface area contributed by atoms with Crippen LogP contribution >= 0.6 is 0 Å². The lowest BCUT2D eigenvalue weighted by Gasteiger charge is -2.36. The molecule has 0 saturated carbocycles. The number of hydrogen-bond acceptors (Lipinski definition) is 3. The Bertz CT molecular complexity index is 788. The molecule has 0 aromatic heterocycles. The lowest BCUT2D eigenvalue weighted by molar-refractivity contribution is -0.126. The van der Waals surface area contributed by atoms with Gasteiger partial charge < -0.3 is 9.80 Å². The maximum absolute atomic E-state index is 13.2. The molecular weight excluding hydrogens is 310 g/mol. The molecule has 1 aromatic carbocycles. The van der Waals surface area contributed by atoms with Crippen molar-refractivity contribution >= 4 is 11.6 Å². The molecule has 0 fully saturated rings. The minimum Gasteiger partial charge on any atom is -0.333 e. The maximum atomic E-state index is 13.2. The molecule has 25 heavy (non-hydrogen) atoms. The third-order valence-corrected chi connectivity index (χ3v) is 5.02. The molecule has 0 bridgehead atoms. The van der Waals surface area contributed by atoms with Crippen molar-refractivity contribution in [3.8, 4) is 0 Å². The van der Waals surface area contributed by atoms with Crippen LogP contribution in [-0.2, 0) is 11.2 Å². The molecule has 1 atom stereocenters. The van der Waals surface area contributed by atoms with Crippen LogP contribution in [0.3, 0.4) is 0 Å². The second kappa shape index (κ2) is 7.09. The van der Waals surface area contributed by atoms with E-state index in [0.717, 1.165) is 30.9 Å². The van der Waals surface area contributed by atoms with Gasteiger partial charge in [-0.1, -0.05) is 43.8 Å². The van der Waals surface area contributed by atoms with Crippen molar-refractivity contribution in [2.75, 3.05) is 13.6 Å². The molecule has 2 aliphatic rings. The van der Waals surface area contributed by atoms with Crippen LogP contribution in [-0.4, -0.2) is 35.0 Å². The fraction of sp³-hybridized carbons (Fsp3) is 0.333. The van der Waals surface area contributed by atoms with Gasteiger partial charge >= 0.3 is 0 Å². The number of carbonyl (C=O) groups excluding carboxylic acids is 1. The molecule has 3 rings (SSSR count). The smallest absolute Gasteiger partial charge is 0.273 e. The topological polar surface area (TPSA) is 35.9 Å².